The van der Waals surface area contributed by atoms with Gasteiger partial charge in [0.05, 0.1) is 12.6 Å². The molecule has 1 amide bonds. The standard InChI is InChI=1S/C15H17ClN2O2S/c1-15(2,14-17-8-9-21-14)18-13(19)12(16)10-4-6-11(20-3)7-5-10/h4-9,12H,1-3H3,(H,18,19). The van der Waals surface area contributed by atoms with Crippen molar-refractivity contribution >= 4 is 28.8 Å². The van der Waals surface area contributed by atoms with Crippen molar-refractivity contribution in [1.82, 2.24) is 10.3 Å². The smallest absolute Gasteiger partial charge is 0.243 e. The lowest BCUT2D eigenvalue weighted by molar-refractivity contribution is -0.122. The molecule has 112 valence electrons. The molecule has 1 unspecified atom stereocenters. The third-order valence-corrected chi connectivity index (χ3v) is 4.59. The van der Waals surface area contributed by atoms with Gasteiger partial charge in [-0.25, -0.2) is 4.98 Å². The molecule has 0 aliphatic rings. The third-order valence-electron chi connectivity index (χ3n) is 3.04. The zero-order valence-electron chi connectivity index (χ0n) is 12.1. The molecule has 0 fully saturated rings. The highest BCUT2D eigenvalue weighted by Crippen LogP contribution is 2.27. The summed E-state index contributed by atoms with van der Waals surface area (Å²) in [6, 6.07) is 7.13. The van der Waals surface area contributed by atoms with Gasteiger partial charge in [0, 0.05) is 11.6 Å². The molecule has 2 rings (SSSR count). The maximum atomic E-state index is 12.3. The quantitative estimate of drug-likeness (QED) is 0.857. The molecule has 1 heterocycles. The topological polar surface area (TPSA) is 51.2 Å². The van der Waals surface area contributed by atoms with Crippen LogP contribution in [0.5, 0.6) is 5.75 Å². The average Bonchev–Trinajstić information content (AvgIpc) is 3.01. The molecule has 21 heavy (non-hydrogen) atoms. The van der Waals surface area contributed by atoms with Crippen LogP contribution in [0.15, 0.2) is 35.8 Å². The largest absolute Gasteiger partial charge is 0.497 e. The number of carbonyl (C=O) groups excluding carboxylic acids is 1. The van der Waals surface area contributed by atoms with Gasteiger partial charge in [0.25, 0.3) is 0 Å². The van der Waals surface area contributed by atoms with E-state index >= 15 is 0 Å². The van der Waals surface area contributed by atoms with E-state index in [1.165, 1.54) is 11.3 Å². The number of amides is 1. The van der Waals surface area contributed by atoms with Gasteiger partial charge < -0.3 is 10.1 Å². The molecule has 4 nitrogen and oxygen atoms in total. The second kappa shape index (κ2) is 6.45. The number of thiazole rings is 1. The second-order valence-electron chi connectivity index (χ2n) is 5.09. The molecule has 0 saturated carbocycles. The summed E-state index contributed by atoms with van der Waals surface area (Å²) in [5.41, 5.74) is 0.176. The normalized spacial score (nSPS) is 12.8. The summed E-state index contributed by atoms with van der Waals surface area (Å²) >= 11 is 7.75. The average molecular weight is 325 g/mol. The predicted molar refractivity (Wildman–Crippen MR) is 84.9 cm³/mol. The number of nitrogens with zero attached hydrogens (tertiary/aromatic N) is 1. The van der Waals surface area contributed by atoms with Crippen LogP contribution >= 0.6 is 22.9 Å². The van der Waals surface area contributed by atoms with E-state index in [9.17, 15) is 4.79 Å². The molecule has 6 heteroatoms. The molecule has 0 aliphatic carbocycles. The first kappa shape index (κ1) is 15.8. The van der Waals surface area contributed by atoms with Crippen molar-refractivity contribution in [2.75, 3.05) is 7.11 Å². The molecule has 0 spiro atoms. The number of methoxy groups -OCH3 is 1. The van der Waals surface area contributed by atoms with Gasteiger partial charge in [0.1, 0.15) is 16.1 Å². The van der Waals surface area contributed by atoms with Gasteiger partial charge in [-0.05, 0) is 31.5 Å². The summed E-state index contributed by atoms with van der Waals surface area (Å²) < 4.78 is 5.09. The van der Waals surface area contributed by atoms with Crippen LogP contribution in [0.3, 0.4) is 0 Å². The molecule has 0 saturated heterocycles. The Labute approximate surface area is 133 Å². The van der Waals surface area contributed by atoms with E-state index in [2.05, 4.69) is 10.3 Å². The zero-order chi connectivity index (χ0) is 15.5. The first-order valence-corrected chi connectivity index (χ1v) is 7.75. The van der Waals surface area contributed by atoms with Gasteiger partial charge in [-0.15, -0.1) is 22.9 Å². The van der Waals surface area contributed by atoms with E-state index in [0.717, 1.165) is 16.3 Å². The molecule has 0 aliphatic heterocycles. The molecule has 1 N–H and O–H groups in total. The number of hydrogen-bond acceptors (Lipinski definition) is 4. The summed E-state index contributed by atoms with van der Waals surface area (Å²) in [5, 5.41) is 4.90. The van der Waals surface area contributed by atoms with E-state index in [-0.39, 0.29) is 5.91 Å². The maximum absolute atomic E-state index is 12.3. The van der Waals surface area contributed by atoms with Gasteiger partial charge in [0.15, 0.2) is 0 Å². The number of nitrogens with one attached hydrogen (secondary N) is 1. The van der Waals surface area contributed by atoms with Gasteiger partial charge in [-0.3, -0.25) is 4.79 Å². The Bertz CT molecular complexity index is 597. The van der Waals surface area contributed by atoms with Crippen LogP contribution in [0.25, 0.3) is 0 Å². The molecule has 0 radical (unpaired) electrons. The van der Waals surface area contributed by atoms with Crippen molar-refractivity contribution in [1.29, 1.82) is 0 Å². The Kier molecular flexibility index (Phi) is 4.85. The zero-order valence-corrected chi connectivity index (χ0v) is 13.7. The third kappa shape index (κ3) is 3.74. The Morgan fingerprint density at radius 2 is 2.05 bits per heavy atom. The van der Waals surface area contributed by atoms with Crippen LogP contribution in [0.2, 0.25) is 0 Å². The first-order chi connectivity index (χ1) is 9.94. The maximum Gasteiger partial charge on any atom is 0.243 e. The minimum absolute atomic E-state index is 0.248. The predicted octanol–water partition coefficient (Wildman–Crippen LogP) is 3.48. The number of carbonyl (C=O) groups is 1. The minimum atomic E-state index is -0.754. The Balaban J connectivity index is 2.08. The molecular formula is C15H17ClN2O2S. The SMILES string of the molecule is COc1ccc(C(Cl)C(=O)NC(C)(C)c2nccs2)cc1. The summed E-state index contributed by atoms with van der Waals surface area (Å²) in [5.74, 6) is 0.480. The number of aromatic nitrogens is 1. The van der Waals surface area contributed by atoms with Crippen LogP contribution in [0, 0.1) is 0 Å². The van der Waals surface area contributed by atoms with E-state index in [4.69, 9.17) is 16.3 Å². The van der Waals surface area contributed by atoms with Gasteiger partial charge in [0.2, 0.25) is 5.91 Å². The summed E-state index contributed by atoms with van der Waals surface area (Å²) in [6.07, 6.45) is 1.72. The van der Waals surface area contributed by atoms with Crippen molar-refractivity contribution in [3.05, 3.63) is 46.4 Å². The Morgan fingerprint density at radius 3 is 2.57 bits per heavy atom. The fourth-order valence-corrected chi connectivity index (χ4v) is 2.80. The number of hydrogen-bond donors (Lipinski definition) is 1. The molecule has 2 aromatic rings. The van der Waals surface area contributed by atoms with Crippen molar-refractivity contribution < 1.29 is 9.53 Å². The van der Waals surface area contributed by atoms with Crippen LogP contribution < -0.4 is 10.1 Å². The van der Waals surface area contributed by atoms with Crippen LogP contribution in [0.4, 0.5) is 0 Å². The number of benzene rings is 1. The van der Waals surface area contributed by atoms with E-state index < -0.39 is 10.9 Å². The van der Waals surface area contributed by atoms with Gasteiger partial charge in [-0.1, -0.05) is 12.1 Å². The molecule has 1 aromatic carbocycles. The highest BCUT2D eigenvalue weighted by molar-refractivity contribution is 7.09. The molecule has 1 aromatic heterocycles. The lowest BCUT2D eigenvalue weighted by Crippen LogP contribution is -2.42. The fraction of sp³-hybridized carbons (Fsp3) is 0.333. The second-order valence-corrected chi connectivity index (χ2v) is 6.42. The monoisotopic (exact) mass is 324 g/mol. The minimum Gasteiger partial charge on any atom is -0.497 e. The molecule has 0 bridgehead atoms. The number of ether oxygens (including phenoxy) is 1. The number of rotatable bonds is 5. The summed E-state index contributed by atoms with van der Waals surface area (Å²) in [6.45, 7) is 3.81. The van der Waals surface area contributed by atoms with Crippen LogP contribution in [-0.2, 0) is 10.3 Å². The van der Waals surface area contributed by atoms with E-state index in [1.807, 2.05) is 19.2 Å². The molecular weight excluding hydrogens is 308 g/mol. The van der Waals surface area contributed by atoms with Crippen LogP contribution in [0.1, 0.15) is 29.8 Å². The van der Waals surface area contributed by atoms with Gasteiger partial charge >= 0.3 is 0 Å². The lowest BCUT2D eigenvalue weighted by atomic mass is 10.1. The van der Waals surface area contributed by atoms with Gasteiger partial charge in [-0.2, -0.15) is 0 Å². The van der Waals surface area contributed by atoms with Crippen molar-refractivity contribution in [2.24, 2.45) is 0 Å². The highest BCUT2D eigenvalue weighted by atomic mass is 35.5. The lowest BCUT2D eigenvalue weighted by Gasteiger charge is -2.25. The first-order valence-electron chi connectivity index (χ1n) is 6.44. The molecule has 1 atom stereocenters. The van der Waals surface area contributed by atoms with Crippen molar-refractivity contribution in [2.45, 2.75) is 24.8 Å². The Hall–Kier alpha value is -1.59. The highest BCUT2D eigenvalue weighted by Gasteiger charge is 2.29. The van der Waals surface area contributed by atoms with E-state index in [1.54, 1.807) is 37.6 Å². The van der Waals surface area contributed by atoms with Crippen LogP contribution in [-0.4, -0.2) is 18.0 Å². The summed E-state index contributed by atoms with van der Waals surface area (Å²) in [4.78, 5) is 16.6. The summed E-state index contributed by atoms with van der Waals surface area (Å²) in [7, 11) is 1.59. The van der Waals surface area contributed by atoms with Crippen molar-refractivity contribution in [3.8, 4) is 5.75 Å². The number of halogens is 1. The fourth-order valence-electron chi connectivity index (χ4n) is 1.88. The Morgan fingerprint density at radius 1 is 1.38 bits per heavy atom. The number of alkyl halides is 1. The van der Waals surface area contributed by atoms with Crippen molar-refractivity contribution in [3.63, 3.8) is 0 Å². The van der Waals surface area contributed by atoms with E-state index in [0.29, 0.717) is 0 Å².